The molecule has 5 nitrogen and oxygen atoms in total. The van der Waals surface area contributed by atoms with Gasteiger partial charge in [-0.25, -0.2) is 0 Å². The van der Waals surface area contributed by atoms with Crippen LogP contribution in [-0.2, 0) is 14.3 Å². The van der Waals surface area contributed by atoms with E-state index in [0.29, 0.717) is 19.5 Å². The van der Waals surface area contributed by atoms with Gasteiger partial charge in [0.05, 0.1) is 12.0 Å². The number of amides is 2. The zero-order valence-corrected chi connectivity index (χ0v) is 12.4. The largest absolute Gasteiger partial charge is 0.376 e. The Morgan fingerprint density at radius 1 is 1.45 bits per heavy atom. The van der Waals surface area contributed by atoms with Crippen LogP contribution >= 0.6 is 0 Å². The topological polar surface area (TPSA) is 58.6 Å². The van der Waals surface area contributed by atoms with Crippen LogP contribution < -0.4 is 5.32 Å². The van der Waals surface area contributed by atoms with Gasteiger partial charge in [-0.15, -0.1) is 0 Å². The molecule has 1 N–H and O–H groups in total. The molecule has 0 saturated carbocycles. The van der Waals surface area contributed by atoms with E-state index in [9.17, 15) is 9.59 Å². The van der Waals surface area contributed by atoms with Gasteiger partial charge in [-0.05, 0) is 19.3 Å². The minimum Gasteiger partial charge on any atom is -0.376 e. The fraction of sp³-hybridized carbons (Fsp3) is 0.867. The summed E-state index contributed by atoms with van der Waals surface area (Å²) < 4.78 is 5.56. The molecule has 2 saturated heterocycles. The molecular weight excluding hydrogens is 256 g/mol. The van der Waals surface area contributed by atoms with Crippen LogP contribution in [0, 0.1) is 5.92 Å². The number of ether oxygens (including phenoxy) is 1. The second-order valence-electron chi connectivity index (χ2n) is 5.83. The summed E-state index contributed by atoms with van der Waals surface area (Å²) in [6, 6.07) is 0. The number of likely N-dealkylation sites (tertiary alicyclic amines) is 1. The summed E-state index contributed by atoms with van der Waals surface area (Å²) in [6.45, 7) is 4.87. The van der Waals surface area contributed by atoms with Gasteiger partial charge in [0, 0.05) is 32.7 Å². The summed E-state index contributed by atoms with van der Waals surface area (Å²) in [5.41, 5.74) is 0. The third kappa shape index (κ3) is 4.20. The molecule has 114 valence electrons. The maximum Gasteiger partial charge on any atom is 0.225 e. The van der Waals surface area contributed by atoms with Crippen LogP contribution in [0.1, 0.15) is 45.4 Å². The first-order valence-electron chi connectivity index (χ1n) is 7.87. The van der Waals surface area contributed by atoms with Crippen molar-refractivity contribution in [1.29, 1.82) is 0 Å². The van der Waals surface area contributed by atoms with Crippen molar-refractivity contribution in [3.63, 3.8) is 0 Å². The summed E-state index contributed by atoms with van der Waals surface area (Å²) in [6.07, 6.45) is 5.92. The van der Waals surface area contributed by atoms with Crippen molar-refractivity contribution in [3.05, 3.63) is 0 Å². The molecular formula is C15H26N2O3. The Kier molecular flexibility index (Phi) is 5.83. The Hall–Kier alpha value is -1.10. The van der Waals surface area contributed by atoms with Crippen LogP contribution in [0.2, 0.25) is 0 Å². The SMILES string of the molecule is CCCCCNC(=O)C1CC(=O)N(CC2CCCO2)C1. The first kappa shape index (κ1) is 15.3. The van der Waals surface area contributed by atoms with Crippen LogP contribution in [0.25, 0.3) is 0 Å². The molecule has 2 heterocycles. The third-order valence-corrected chi connectivity index (χ3v) is 4.11. The lowest BCUT2D eigenvalue weighted by Gasteiger charge is -2.20. The third-order valence-electron chi connectivity index (χ3n) is 4.11. The number of unbranched alkanes of at least 4 members (excludes halogenated alkanes) is 2. The number of rotatable bonds is 7. The van der Waals surface area contributed by atoms with E-state index in [2.05, 4.69) is 12.2 Å². The molecule has 20 heavy (non-hydrogen) atoms. The minimum atomic E-state index is -0.175. The van der Waals surface area contributed by atoms with Crippen molar-refractivity contribution in [3.8, 4) is 0 Å². The van der Waals surface area contributed by atoms with Crippen LogP contribution in [0.3, 0.4) is 0 Å². The minimum absolute atomic E-state index is 0.0318. The van der Waals surface area contributed by atoms with Crippen LogP contribution in [0.4, 0.5) is 0 Å². The zero-order chi connectivity index (χ0) is 14.4. The lowest BCUT2D eigenvalue weighted by molar-refractivity contribution is -0.129. The van der Waals surface area contributed by atoms with E-state index < -0.39 is 0 Å². The fourth-order valence-electron chi connectivity index (χ4n) is 2.89. The first-order chi connectivity index (χ1) is 9.70. The summed E-state index contributed by atoms with van der Waals surface area (Å²) in [7, 11) is 0. The monoisotopic (exact) mass is 282 g/mol. The van der Waals surface area contributed by atoms with Crippen LogP contribution in [0.15, 0.2) is 0 Å². The summed E-state index contributed by atoms with van der Waals surface area (Å²) >= 11 is 0. The van der Waals surface area contributed by atoms with Gasteiger partial charge in [0.25, 0.3) is 0 Å². The van der Waals surface area contributed by atoms with E-state index in [1.165, 1.54) is 0 Å². The van der Waals surface area contributed by atoms with Crippen molar-refractivity contribution < 1.29 is 14.3 Å². The molecule has 0 aromatic heterocycles. The molecule has 2 amide bonds. The van der Waals surface area contributed by atoms with Gasteiger partial charge in [-0.3, -0.25) is 9.59 Å². The Bertz CT molecular complexity index is 340. The van der Waals surface area contributed by atoms with Crippen molar-refractivity contribution in [2.45, 2.75) is 51.6 Å². The molecule has 2 unspecified atom stereocenters. The lowest BCUT2D eigenvalue weighted by atomic mass is 10.1. The fourth-order valence-corrected chi connectivity index (χ4v) is 2.89. The molecule has 0 aromatic carbocycles. The molecule has 2 aliphatic heterocycles. The van der Waals surface area contributed by atoms with Crippen molar-refractivity contribution >= 4 is 11.8 Å². The molecule has 0 radical (unpaired) electrons. The van der Waals surface area contributed by atoms with Gasteiger partial charge in [-0.2, -0.15) is 0 Å². The number of nitrogens with zero attached hydrogens (tertiary/aromatic N) is 1. The molecule has 0 bridgehead atoms. The number of hydrogen-bond acceptors (Lipinski definition) is 3. The summed E-state index contributed by atoms with van der Waals surface area (Å²) in [5.74, 6) is -0.0518. The van der Waals surface area contributed by atoms with Gasteiger partial charge in [0.15, 0.2) is 0 Å². The lowest BCUT2D eigenvalue weighted by Crippen LogP contribution is -2.36. The highest BCUT2D eigenvalue weighted by molar-refractivity contribution is 5.89. The zero-order valence-electron chi connectivity index (χ0n) is 12.4. The Morgan fingerprint density at radius 2 is 2.30 bits per heavy atom. The van der Waals surface area contributed by atoms with E-state index in [0.717, 1.165) is 45.3 Å². The predicted octanol–water partition coefficient (Wildman–Crippen LogP) is 1.32. The highest BCUT2D eigenvalue weighted by atomic mass is 16.5. The van der Waals surface area contributed by atoms with Crippen molar-refractivity contribution in [2.24, 2.45) is 5.92 Å². The molecule has 2 atom stereocenters. The van der Waals surface area contributed by atoms with Crippen LogP contribution in [-0.4, -0.2) is 49.1 Å². The summed E-state index contributed by atoms with van der Waals surface area (Å²) in [4.78, 5) is 25.8. The molecule has 0 spiro atoms. The molecule has 0 aliphatic carbocycles. The Morgan fingerprint density at radius 3 is 3.00 bits per heavy atom. The number of carbonyl (C=O) groups excluding carboxylic acids is 2. The van der Waals surface area contributed by atoms with E-state index in [4.69, 9.17) is 4.74 Å². The highest BCUT2D eigenvalue weighted by Crippen LogP contribution is 2.21. The van der Waals surface area contributed by atoms with Crippen LogP contribution in [0.5, 0.6) is 0 Å². The molecule has 2 rings (SSSR count). The van der Waals surface area contributed by atoms with E-state index in [1.807, 2.05) is 0 Å². The van der Waals surface area contributed by atoms with Gasteiger partial charge in [0.2, 0.25) is 11.8 Å². The van der Waals surface area contributed by atoms with Gasteiger partial charge in [-0.1, -0.05) is 19.8 Å². The maximum atomic E-state index is 12.0. The number of carbonyl (C=O) groups is 2. The van der Waals surface area contributed by atoms with Gasteiger partial charge >= 0.3 is 0 Å². The van der Waals surface area contributed by atoms with E-state index in [-0.39, 0.29) is 23.8 Å². The smallest absolute Gasteiger partial charge is 0.225 e. The number of nitrogens with one attached hydrogen (secondary N) is 1. The standard InChI is InChI=1S/C15H26N2O3/c1-2-3-4-7-16-15(19)12-9-14(18)17(10-12)11-13-6-5-8-20-13/h12-13H,2-11H2,1H3,(H,16,19). The van der Waals surface area contributed by atoms with E-state index >= 15 is 0 Å². The Balaban J connectivity index is 1.71. The second-order valence-corrected chi connectivity index (χ2v) is 5.83. The van der Waals surface area contributed by atoms with E-state index in [1.54, 1.807) is 4.90 Å². The highest BCUT2D eigenvalue weighted by Gasteiger charge is 2.35. The number of hydrogen-bond donors (Lipinski definition) is 1. The average molecular weight is 282 g/mol. The Labute approximate surface area is 121 Å². The predicted molar refractivity (Wildman–Crippen MR) is 76.2 cm³/mol. The second kappa shape index (κ2) is 7.62. The average Bonchev–Trinajstić information content (AvgIpc) is 3.06. The molecule has 2 fully saturated rings. The first-order valence-corrected chi connectivity index (χ1v) is 7.87. The maximum absolute atomic E-state index is 12.0. The molecule has 5 heteroatoms. The quantitative estimate of drug-likeness (QED) is 0.717. The van der Waals surface area contributed by atoms with Crippen molar-refractivity contribution in [2.75, 3.05) is 26.2 Å². The van der Waals surface area contributed by atoms with Crippen molar-refractivity contribution in [1.82, 2.24) is 10.2 Å². The molecule has 2 aliphatic rings. The van der Waals surface area contributed by atoms with Gasteiger partial charge in [0.1, 0.15) is 0 Å². The summed E-state index contributed by atoms with van der Waals surface area (Å²) in [5, 5.41) is 2.95. The molecule has 0 aromatic rings. The normalized spacial score (nSPS) is 26.2. The van der Waals surface area contributed by atoms with Gasteiger partial charge < -0.3 is 15.0 Å².